The maximum Gasteiger partial charge on any atom is 0.293 e. The molecular formula is C18H21N3O5. The number of methoxy groups -OCH3 is 1. The molecule has 0 bridgehead atoms. The second-order valence-electron chi connectivity index (χ2n) is 6.44. The molecule has 0 saturated carbocycles. The minimum Gasteiger partial charge on any atom is -0.479 e. The fraction of sp³-hybridized carbons (Fsp3) is 0.500. The molecule has 2 aliphatic heterocycles. The summed E-state index contributed by atoms with van der Waals surface area (Å²) in [4.78, 5) is 18.7. The van der Waals surface area contributed by atoms with E-state index in [1.54, 1.807) is 17.3 Å². The van der Waals surface area contributed by atoms with Gasteiger partial charge in [0.25, 0.3) is 11.8 Å². The van der Waals surface area contributed by atoms with Gasteiger partial charge in [0.1, 0.15) is 12.2 Å². The molecule has 0 radical (unpaired) electrons. The minimum atomic E-state index is -0.212. The van der Waals surface area contributed by atoms with Crippen LogP contribution in [-0.2, 0) is 16.1 Å². The number of pyridine rings is 1. The van der Waals surface area contributed by atoms with E-state index < -0.39 is 0 Å². The third kappa shape index (κ3) is 3.30. The number of likely N-dealkylation sites (tertiary alicyclic amines) is 1. The first-order valence-corrected chi connectivity index (χ1v) is 8.70. The molecule has 2 aromatic rings. The number of nitrogens with zero attached hydrogens (tertiary/aromatic N) is 3. The first-order valence-electron chi connectivity index (χ1n) is 8.70. The molecule has 0 aromatic carbocycles. The van der Waals surface area contributed by atoms with Gasteiger partial charge in [0.05, 0.1) is 32.4 Å². The summed E-state index contributed by atoms with van der Waals surface area (Å²) < 4.78 is 22.1. The van der Waals surface area contributed by atoms with Crippen LogP contribution in [0.15, 0.2) is 35.1 Å². The number of hydrogen-bond donors (Lipinski definition) is 0. The Morgan fingerprint density at radius 3 is 3.00 bits per heavy atom. The molecule has 8 heteroatoms. The predicted octanol–water partition coefficient (Wildman–Crippen LogP) is 1.67. The zero-order valence-electron chi connectivity index (χ0n) is 14.5. The van der Waals surface area contributed by atoms with Gasteiger partial charge in [0.2, 0.25) is 5.76 Å². The van der Waals surface area contributed by atoms with Crippen molar-refractivity contribution in [2.45, 2.75) is 37.7 Å². The maximum absolute atomic E-state index is 12.9. The van der Waals surface area contributed by atoms with E-state index >= 15 is 0 Å². The van der Waals surface area contributed by atoms with Crippen LogP contribution in [0.1, 0.15) is 29.0 Å². The number of rotatable bonds is 5. The maximum atomic E-state index is 12.9. The zero-order chi connectivity index (χ0) is 17.9. The Bertz CT molecular complexity index is 750. The van der Waals surface area contributed by atoms with E-state index in [4.69, 9.17) is 18.7 Å². The molecule has 26 heavy (non-hydrogen) atoms. The molecule has 8 nitrogen and oxygen atoms in total. The highest BCUT2D eigenvalue weighted by Gasteiger charge is 2.47. The Hall–Kier alpha value is -2.45. The van der Waals surface area contributed by atoms with Crippen molar-refractivity contribution in [3.05, 3.63) is 41.9 Å². The lowest BCUT2D eigenvalue weighted by Crippen LogP contribution is -2.43. The van der Waals surface area contributed by atoms with Crippen LogP contribution in [0.2, 0.25) is 0 Å². The number of amides is 1. The highest BCUT2D eigenvalue weighted by molar-refractivity contribution is 5.92. The molecule has 4 heterocycles. The molecule has 2 aromatic heterocycles. The average Bonchev–Trinajstić information content (AvgIpc) is 3.32. The normalized spacial score (nSPS) is 25.1. The summed E-state index contributed by atoms with van der Waals surface area (Å²) in [5.41, 5.74) is 1.04. The van der Waals surface area contributed by atoms with Gasteiger partial charge >= 0.3 is 0 Å². The van der Waals surface area contributed by atoms with E-state index in [0.717, 1.165) is 18.4 Å². The molecule has 2 fully saturated rings. The first kappa shape index (κ1) is 17.0. The lowest BCUT2D eigenvalue weighted by atomic mass is 10.0. The summed E-state index contributed by atoms with van der Waals surface area (Å²) in [5, 5.41) is 3.71. The van der Waals surface area contributed by atoms with E-state index in [9.17, 15) is 4.79 Å². The van der Waals surface area contributed by atoms with E-state index in [1.165, 1.54) is 13.2 Å². The lowest BCUT2D eigenvalue weighted by Gasteiger charge is -2.31. The molecule has 1 amide bonds. The van der Waals surface area contributed by atoms with Crippen molar-refractivity contribution in [2.75, 3.05) is 20.3 Å². The molecule has 138 valence electrons. The summed E-state index contributed by atoms with van der Waals surface area (Å²) in [6.07, 6.45) is 4.97. The second kappa shape index (κ2) is 7.43. The van der Waals surface area contributed by atoms with Crippen LogP contribution in [0.3, 0.4) is 0 Å². The number of carbonyl (C=O) groups excluding carboxylic acids is 1. The van der Waals surface area contributed by atoms with Gasteiger partial charge in [0, 0.05) is 19.0 Å². The summed E-state index contributed by atoms with van der Waals surface area (Å²) >= 11 is 0. The van der Waals surface area contributed by atoms with Crippen molar-refractivity contribution >= 4 is 5.91 Å². The first-order chi connectivity index (χ1) is 12.8. The molecule has 2 aliphatic rings. The topological polar surface area (TPSA) is 86.9 Å². The molecule has 0 N–H and O–H groups in total. The lowest BCUT2D eigenvalue weighted by molar-refractivity contribution is -0.0810. The van der Waals surface area contributed by atoms with Gasteiger partial charge in [-0.05, 0) is 35.7 Å². The quantitative estimate of drug-likeness (QED) is 0.802. The van der Waals surface area contributed by atoms with E-state index in [1.807, 2.05) is 12.1 Å². The summed E-state index contributed by atoms with van der Waals surface area (Å²) in [6.45, 7) is 1.61. The Morgan fingerprint density at radius 2 is 2.23 bits per heavy atom. The Labute approximate surface area is 151 Å². The van der Waals surface area contributed by atoms with Gasteiger partial charge in [-0.25, -0.2) is 0 Å². The van der Waals surface area contributed by atoms with E-state index in [2.05, 4.69) is 10.1 Å². The summed E-state index contributed by atoms with van der Waals surface area (Å²) in [5.74, 6) is 0.242. The van der Waals surface area contributed by atoms with Crippen molar-refractivity contribution in [3.63, 3.8) is 0 Å². The Morgan fingerprint density at radius 1 is 1.38 bits per heavy atom. The van der Waals surface area contributed by atoms with Crippen molar-refractivity contribution in [3.8, 4) is 5.88 Å². The molecule has 3 atom stereocenters. The van der Waals surface area contributed by atoms with Crippen LogP contribution >= 0.6 is 0 Å². The predicted molar refractivity (Wildman–Crippen MR) is 89.7 cm³/mol. The van der Waals surface area contributed by atoms with Crippen LogP contribution in [0.25, 0.3) is 0 Å². The summed E-state index contributed by atoms with van der Waals surface area (Å²) in [6, 6.07) is 5.32. The average molecular weight is 359 g/mol. The van der Waals surface area contributed by atoms with Gasteiger partial charge in [-0.3, -0.25) is 9.78 Å². The third-order valence-electron chi connectivity index (χ3n) is 4.86. The second-order valence-corrected chi connectivity index (χ2v) is 6.44. The smallest absolute Gasteiger partial charge is 0.293 e. The largest absolute Gasteiger partial charge is 0.479 e. The number of ether oxygens (including phenoxy) is 3. The van der Waals surface area contributed by atoms with Crippen molar-refractivity contribution in [2.24, 2.45) is 0 Å². The van der Waals surface area contributed by atoms with Crippen LogP contribution in [0.4, 0.5) is 0 Å². The van der Waals surface area contributed by atoms with Crippen molar-refractivity contribution in [1.29, 1.82) is 0 Å². The van der Waals surface area contributed by atoms with E-state index in [0.29, 0.717) is 19.8 Å². The molecule has 0 unspecified atom stereocenters. The molecule has 0 aliphatic carbocycles. The van der Waals surface area contributed by atoms with Gasteiger partial charge in [-0.1, -0.05) is 0 Å². The SMILES string of the molecule is COc1cc(C(=O)N2C[C@H](OCc3ccncc3)[C@H]3OCCC[C@H]32)on1. The molecule has 2 saturated heterocycles. The fourth-order valence-corrected chi connectivity index (χ4v) is 3.57. The number of carbonyl (C=O) groups is 1. The Balaban J connectivity index is 1.48. The standard InChI is InChI=1S/C18H21N3O5/c1-23-16-9-14(26-20-16)18(22)21-10-15(17-13(21)3-2-8-24-17)25-11-12-4-6-19-7-5-12/h4-7,9,13,15,17H,2-3,8,10-11H2,1H3/t13-,15+,17+/m1/s1. The molecular weight excluding hydrogens is 338 g/mol. The Kier molecular flexibility index (Phi) is 4.85. The monoisotopic (exact) mass is 359 g/mol. The van der Waals surface area contributed by atoms with Crippen molar-refractivity contribution in [1.82, 2.24) is 15.0 Å². The number of hydrogen-bond acceptors (Lipinski definition) is 7. The zero-order valence-corrected chi connectivity index (χ0v) is 14.5. The van der Waals surface area contributed by atoms with Gasteiger partial charge in [0.15, 0.2) is 0 Å². The van der Waals surface area contributed by atoms with Gasteiger partial charge < -0.3 is 23.6 Å². The number of aromatic nitrogens is 2. The van der Waals surface area contributed by atoms with Gasteiger partial charge in [-0.2, -0.15) is 0 Å². The summed E-state index contributed by atoms with van der Waals surface area (Å²) in [7, 11) is 1.48. The highest BCUT2D eigenvalue weighted by Crippen LogP contribution is 2.32. The van der Waals surface area contributed by atoms with Crippen LogP contribution in [-0.4, -0.2) is 59.5 Å². The van der Waals surface area contributed by atoms with Crippen molar-refractivity contribution < 1.29 is 23.5 Å². The van der Waals surface area contributed by atoms with Crippen LogP contribution in [0, 0.1) is 0 Å². The fourth-order valence-electron chi connectivity index (χ4n) is 3.57. The number of fused-ring (bicyclic) bond motifs is 1. The molecule has 0 spiro atoms. The van der Waals surface area contributed by atoms with Crippen LogP contribution < -0.4 is 4.74 Å². The highest BCUT2D eigenvalue weighted by atomic mass is 16.5. The van der Waals surface area contributed by atoms with Gasteiger partial charge in [-0.15, -0.1) is 0 Å². The molecule has 4 rings (SSSR count). The minimum absolute atomic E-state index is 0.0187. The van der Waals surface area contributed by atoms with E-state index in [-0.39, 0.29) is 35.8 Å². The third-order valence-corrected chi connectivity index (χ3v) is 4.86. The van der Waals surface area contributed by atoms with Crippen LogP contribution in [0.5, 0.6) is 5.88 Å².